The summed E-state index contributed by atoms with van der Waals surface area (Å²) in [4.78, 5) is 31.8. The van der Waals surface area contributed by atoms with Gasteiger partial charge in [0.15, 0.2) is 5.75 Å². The van der Waals surface area contributed by atoms with Crippen molar-refractivity contribution in [2.24, 2.45) is 0 Å². The van der Waals surface area contributed by atoms with E-state index < -0.39 is 10.7 Å². The third-order valence-electron chi connectivity index (χ3n) is 4.47. The highest BCUT2D eigenvalue weighted by Gasteiger charge is 2.17. The highest BCUT2D eigenvalue weighted by atomic mass is 16.6. The Hall–Kier alpha value is -3.42. The van der Waals surface area contributed by atoms with Gasteiger partial charge in [-0.1, -0.05) is 26.0 Å². The number of nitro benzene ring substituents is 1. The Balaban J connectivity index is 0.000000283. The van der Waals surface area contributed by atoms with E-state index in [1.165, 1.54) is 38.1 Å². The van der Waals surface area contributed by atoms with E-state index in [9.17, 15) is 29.9 Å². The van der Waals surface area contributed by atoms with Crippen molar-refractivity contribution in [1.82, 2.24) is 0 Å². The largest absolute Gasteiger partial charge is 0.506 e. The summed E-state index contributed by atoms with van der Waals surface area (Å²) in [5.74, 6) is -0.910. The topological polar surface area (TPSA) is 144 Å². The van der Waals surface area contributed by atoms with Gasteiger partial charge in [-0.3, -0.25) is 19.7 Å². The second-order valence-corrected chi connectivity index (χ2v) is 6.49. The summed E-state index contributed by atoms with van der Waals surface area (Å²) in [7, 11) is 0. The molecule has 0 spiro atoms. The monoisotopic (exact) mass is 388 g/mol. The molecule has 2 atom stereocenters. The van der Waals surface area contributed by atoms with E-state index in [-0.39, 0.29) is 34.8 Å². The molecular formula is C20H24N2O6. The number of phenolic OH excluding ortho intramolecular Hbond substituents is 2. The number of nitrogen functional groups attached to an aromatic ring is 1. The molecule has 0 aromatic heterocycles. The lowest BCUT2D eigenvalue weighted by molar-refractivity contribution is -0.385. The average Bonchev–Trinajstić information content (AvgIpc) is 2.62. The van der Waals surface area contributed by atoms with E-state index >= 15 is 0 Å². The van der Waals surface area contributed by atoms with Gasteiger partial charge in [0.1, 0.15) is 17.3 Å². The second kappa shape index (κ2) is 9.50. The summed E-state index contributed by atoms with van der Waals surface area (Å²) in [6.07, 6.45) is 0. The second-order valence-electron chi connectivity index (χ2n) is 6.49. The lowest BCUT2D eigenvalue weighted by atomic mass is 9.97. The van der Waals surface area contributed by atoms with E-state index in [1.807, 2.05) is 0 Å². The molecule has 0 aliphatic heterocycles. The maximum Gasteiger partial charge on any atom is 0.310 e. The normalized spacial score (nSPS) is 12.3. The zero-order valence-corrected chi connectivity index (χ0v) is 16.2. The summed E-state index contributed by atoms with van der Waals surface area (Å²) in [6, 6.07) is 8.81. The first-order valence-electron chi connectivity index (χ1n) is 8.52. The molecular weight excluding hydrogens is 364 g/mol. The number of nitro groups is 1. The molecule has 0 radical (unpaired) electrons. The molecule has 2 aromatic rings. The number of carbonyl (C=O) groups is 2. The van der Waals surface area contributed by atoms with Crippen LogP contribution in [0.1, 0.15) is 50.7 Å². The van der Waals surface area contributed by atoms with Crippen molar-refractivity contribution >= 4 is 22.9 Å². The van der Waals surface area contributed by atoms with E-state index in [4.69, 9.17) is 5.73 Å². The molecule has 2 rings (SSSR count). The van der Waals surface area contributed by atoms with Crippen molar-refractivity contribution in [3.63, 3.8) is 0 Å². The Morgan fingerprint density at radius 2 is 1.36 bits per heavy atom. The standard InChI is InChI=1S/C10H11NO4.C10H13NO2/c1-6(7(2)12)8-3-4-9(11(14)15)10(13)5-8;1-6(7(2)12)8-3-4-9(11)10(13)5-8/h3-6,13H,1-2H3;3-6,13H,11H2,1-2H3. The van der Waals surface area contributed by atoms with Gasteiger partial charge in [-0.15, -0.1) is 0 Å². The molecule has 8 heteroatoms. The van der Waals surface area contributed by atoms with Crippen LogP contribution < -0.4 is 5.73 Å². The summed E-state index contributed by atoms with van der Waals surface area (Å²) >= 11 is 0. The number of hydrogen-bond donors (Lipinski definition) is 3. The van der Waals surface area contributed by atoms with Crippen LogP contribution in [-0.2, 0) is 9.59 Å². The maximum absolute atomic E-state index is 11.1. The van der Waals surface area contributed by atoms with Gasteiger partial charge in [0.05, 0.1) is 10.6 Å². The smallest absolute Gasteiger partial charge is 0.310 e. The van der Waals surface area contributed by atoms with E-state index in [0.717, 1.165) is 5.56 Å². The van der Waals surface area contributed by atoms with Gasteiger partial charge >= 0.3 is 5.69 Å². The molecule has 2 aromatic carbocycles. The fourth-order valence-corrected chi connectivity index (χ4v) is 2.26. The van der Waals surface area contributed by atoms with Gasteiger partial charge in [0, 0.05) is 17.9 Å². The SMILES string of the molecule is CC(=O)C(C)c1ccc(N)c(O)c1.CC(=O)C(C)c1ccc([N+](=O)[O-])c(O)c1. The van der Waals surface area contributed by atoms with Crippen LogP contribution in [0.15, 0.2) is 36.4 Å². The zero-order chi connectivity index (χ0) is 21.6. The van der Waals surface area contributed by atoms with E-state index in [0.29, 0.717) is 11.3 Å². The third-order valence-corrected chi connectivity index (χ3v) is 4.47. The fourth-order valence-electron chi connectivity index (χ4n) is 2.26. The number of benzene rings is 2. The minimum atomic E-state index is -0.669. The van der Waals surface area contributed by atoms with Crippen LogP contribution in [-0.4, -0.2) is 26.7 Å². The highest BCUT2D eigenvalue weighted by Crippen LogP contribution is 2.29. The van der Waals surface area contributed by atoms with Crippen LogP contribution in [0.25, 0.3) is 0 Å². The fraction of sp³-hybridized carbons (Fsp3) is 0.300. The number of ketones is 2. The van der Waals surface area contributed by atoms with Gasteiger partial charge in [-0.05, 0) is 43.2 Å². The Kier molecular flexibility index (Phi) is 7.67. The van der Waals surface area contributed by atoms with Gasteiger partial charge in [-0.2, -0.15) is 0 Å². The zero-order valence-electron chi connectivity index (χ0n) is 16.2. The summed E-state index contributed by atoms with van der Waals surface area (Å²) in [5.41, 5.74) is 6.78. The molecule has 8 nitrogen and oxygen atoms in total. The summed E-state index contributed by atoms with van der Waals surface area (Å²) < 4.78 is 0. The molecule has 4 N–H and O–H groups in total. The first kappa shape index (κ1) is 22.6. The Labute approximate surface area is 162 Å². The van der Waals surface area contributed by atoms with Crippen molar-refractivity contribution in [2.45, 2.75) is 39.5 Å². The Bertz CT molecular complexity index is 894. The third kappa shape index (κ3) is 5.80. The Morgan fingerprint density at radius 3 is 1.71 bits per heavy atom. The summed E-state index contributed by atoms with van der Waals surface area (Å²) in [6.45, 7) is 6.44. The molecule has 0 fully saturated rings. The molecule has 0 amide bonds. The lowest BCUT2D eigenvalue weighted by Gasteiger charge is -2.08. The number of Topliss-reactive ketones (excluding diaryl/α,β-unsaturated/α-hetero) is 2. The van der Waals surface area contributed by atoms with Crippen molar-refractivity contribution in [3.05, 3.63) is 57.6 Å². The minimum Gasteiger partial charge on any atom is -0.506 e. The van der Waals surface area contributed by atoms with Gasteiger partial charge < -0.3 is 15.9 Å². The number of nitrogens with zero attached hydrogens (tertiary/aromatic N) is 1. The number of hydrogen-bond acceptors (Lipinski definition) is 7. The molecule has 0 saturated carbocycles. The van der Waals surface area contributed by atoms with Crippen LogP contribution in [0.4, 0.5) is 11.4 Å². The predicted molar refractivity (Wildman–Crippen MR) is 105 cm³/mol. The Morgan fingerprint density at radius 1 is 0.929 bits per heavy atom. The number of anilines is 1. The van der Waals surface area contributed by atoms with Crippen LogP contribution >= 0.6 is 0 Å². The predicted octanol–water partition coefficient (Wildman–Crippen LogP) is 3.66. The van der Waals surface area contributed by atoms with Crippen molar-refractivity contribution in [1.29, 1.82) is 0 Å². The average molecular weight is 388 g/mol. The molecule has 0 saturated heterocycles. The molecule has 0 aliphatic rings. The van der Waals surface area contributed by atoms with Crippen molar-refractivity contribution in [2.75, 3.05) is 5.73 Å². The first-order valence-corrected chi connectivity index (χ1v) is 8.52. The van der Waals surface area contributed by atoms with Gasteiger partial charge in [-0.25, -0.2) is 0 Å². The molecule has 2 unspecified atom stereocenters. The van der Waals surface area contributed by atoms with Crippen LogP contribution in [0.3, 0.4) is 0 Å². The summed E-state index contributed by atoms with van der Waals surface area (Å²) in [5, 5.41) is 29.0. The molecule has 0 bridgehead atoms. The number of carbonyl (C=O) groups excluding carboxylic acids is 2. The van der Waals surface area contributed by atoms with Crippen LogP contribution in [0.2, 0.25) is 0 Å². The number of nitrogens with two attached hydrogens (primary N) is 1. The van der Waals surface area contributed by atoms with Gasteiger partial charge in [0.2, 0.25) is 0 Å². The molecule has 0 heterocycles. The lowest BCUT2D eigenvalue weighted by Crippen LogP contribution is -2.04. The van der Waals surface area contributed by atoms with Gasteiger partial charge in [0.25, 0.3) is 0 Å². The van der Waals surface area contributed by atoms with E-state index in [1.54, 1.807) is 26.0 Å². The number of phenols is 2. The number of rotatable bonds is 5. The van der Waals surface area contributed by atoms with Crippen LogP contribution in [0, 0.1) is 10.1 Å². The number of aromatic hydroxyl groups is 2. The quantitative estimate of drug-likeness (QED) is 0.307. The molecule has 0 aliphatic carbocycles. The minimum absolute atomic E-state index is 0.0330. The van der Waals surface area contributed by atoms with Crippen molar-refractivity contribution < 1.29 is 24.7 Å². The first-order chi connectivity index (χ1) is 13.0. The molecule has 28 heavy (non-hydrogen) atoms. The van der Waals surface area contributed by atoms with E-state index in [2.05, 4.69) is 0 Å². The maximum atomic E-state index is 11.1. The van der Waals surface area contributed by atoms with Crippen molar-refractivity contribution in [3.8, 4) is 11.5 Å². The molecule has 150 valence electrons. The highest BCUT2D eigenvalue weighted by molar-refractivity contribution is 5.83. The van der Waals surface area contributed by atoms with Crippen LogP contribution in [0.5, 0.6) is 11.5 Å².